The Balaban J connectivity index is 1.05. The molecule has 0 radical (unpaired) electrons. The third-order valence-corrected chi connectivity index (χ3v) is 11.6. The number of fused-ring (bicyclic) bond motifs is 1. The van der Waals surface area contributed by atoms with Crippen molar-refractivity contribution in [1.82, 2.24) is 23.3 Å². The number of hydrogen-bond acceptors (Lipinski definition) is 6. The molecule has 2 aromatic heterocycles. The van der Waals surface area contributed by atoms with Gasteiger partial charge in [-0.25, -0.2) is 13.4 Å². The lowest BCUT2D eigenvalue weighted by molar-refractivity contribution is -0.142. The molecule has 2 fully saturated rings. The van der Waals surface area contributed by atoms with Gasteiger partial charge in [-0.2, -0.15) is 4.31 Å². The second-order valence-electron chi connectivity index (χ2n) is 12.6. The van der Waals surface area contributed by atoms with Crippen LogP contribution in [0, 0.1) is 5.92 Å². The van der Waals surface area contributed by atoms with Gasteiger partial charge in [-0.3, -0.25) is 14.2 Å². The first-order valence-corrected chi connectivity index (χ1v) is 17.4. The quantitative estimate of drug-likeness (QED) is 0.284. The lowest BCUT2D eigenvalue weighted by Gasteiger charge is -2.43. The Labute approximate surface area is 273 Å². The molecule has 1 N–H and O–H groups in total. The fourth-order valence-corrected chi connectivity index (χ4v) is 8.53. The summed E-state index contributed by atoms with van der Waals surface area (Å²) in [6.07, 6.45) is 4.33. The first-order chi connectivity index (χ1) is 22.7. The molecule has 5 aromatic rings. The molecule has 2 aliphatic rings. The van der Waals surface area contributed by atoms with E-state index in [2.05, 4.69) is 4.98 Å². The Morgan fingerprint density at radius 1 is 0.872 bits per heavy atom. The minimum Gasteiger partial charge on any atom is -0.388 e. The number of nitrogens with zero attached hydrogens (tertiary/aromatic N) is 5. The van der Waals surface area contributed by atoms with Gasteiger partial charge in [0, 0.05) is 49.9 Å². The third-order valence-electron chi connectivity index (χ3n) is 9.68. The van der Waals surface area contributed by atoms with E-state index in [1.165, 1.54) is 15.2 Å². The van der Waals surface area contributed by atoms with Crippen LogP contribution in [0.2, 0.25) is 0 Å². The molecule has 10 nitrogen and oxygen atoms in total. The number of piperidine rings is 2. The van der Waals surface area contributed by atoms with Gasteiger partial charge in [0.05, 0.1) is 22.4 Å². The average Bonchev–Trinajstić information content (AvgIpc) is 3.55. The Morgan fingerprint density at radius 3 is 2.19 bits per heavy atom. The highest BCUT2D eigenvalue weighted by Crippen LogP contribution is 2.37. The summed E-state index contributed by atoms with van der Waals surface area (Å²) in [6.45, 7) is 1.22. The molecule has 2 aliphatic heterocycles. The van der Waals surface area contributed by atoms with Crippen molar-refractivity contribution in [1.29, 1.82) is 0 Å². The smallest absolute Gasteiger partial charge is 0.262 e. The second-order valence-corrected chi connectivity index (χ2v) is 14.5. The summed E-state index contributed by atoms with van der Waals surface area (Å²) in [5, 5.41) is 12.0. The van der Waals surface area contributed by atoms with E-state index < -0.39 is 21.5 Å². The standard InChI is InChI=1S/C36H37N5O5S/c42-34(30-16-20-40(24-32(30)27-10-4-1-5-11-27)47(45,46)29-14-8-3-9-15-29)38-22-18-36(44,19-23-38)25-39-26-37-33-31(35(39)43)17-21-41(33)28-12-6-2-7-13-28/h1-15,17,21,26,30,32,44H,16,18-20,22-25H2/t30-,32+/m1/s1. The van der Waals surface area contributed by atoms with E-state index in [-0.39, 0.29) is 41.9 Å². The minimum absolute atomic E-state index is 0.0276. The van der Waals surface area contributed by atoms with Crippen molar-refractivity contribution in [3.8, 4) is 5.69 Å². The van der Waals surface area contributed by atoms with Crippen molar-refractivity contribution in [3.63, 3.8) is 0 Å². The van der Waals surface area contributed by atoms with Crippen LogP contribution in [0.3, 0.4) is 0 Å². The highest BCUT2D eigenvalue weighted by atomic mass is 32.2. The SMILES string of the molecule is O=C([C@@H]1CCN(S(=O)(=O)c2ccccc2)C[C@H]1c1ccccc1)N1CCC(O)(Cn2cnc3c(ccn3-c3ccccc3)c2=O)CC1. The predicted octanol–water partition coefficient (Wildman–Crippen LogP) is 4.04. The van der Waals surface area contributed by atoms with Gasteiger partial charge in [-0.05, 0) is 55.2 Å². The molecule has 2 atom stereocenters. The van der Waals surface area contributed by atoms with Gasteiger partial charge >= 0.3 is 0 Å². The molecule has 2 saturated heterocycles. The number of carbonyl (C=O) groups is 1. The number of likely N-dealkylation sites (tertiary alicyclic amines) is 1. The Bertz CT molecular complexity index is 2040. The van der Waals surface area contributed by atoms with Crippen LogP contribution in [0.1, 0.15) is 30.7 Å². The van der Waals surface area contributed by atoms with Gasteiger partial charge in [0.1, 0.15) is 6.33 Å². The molecule has 3 aromatic carbocycles. The molecule has 11 heteroatoms. The molecular formula is C36H37N5O5S. The van der Waals surface area contributed by atoms with Gasteiger partial charge in [0.25, 0.3) is 5.56 Å². The van der Waals surface area contributed by atoms with Crippen molar-refractivity contribution in [3.05, 3.63) is 126 Å². The number of rotatable bonds is 7. The number of para-hydroxylation sites is 1. The molecule has 7 rings (SSSR count). The summed E-state index contributed by atoms with van der Waals surface area (Å²) in [7, 11) is -3.71. The van der Waals surface area contributed by atoms with Gasteiger partial charge in [-0.1, -0.05) is 66.7 Å². The Hall–Kier alpha value is -4.58. The topological polar surface area (TPSA) is 118 Å². The Kier molecular flexibility index (Phi) is 8.29. The predicted molar refractivity (Wildman–Crippen MR) is 179 cm³/mol. The summed E-state index contributed by atoms with van der Waals surface area (Å²) in [5.74, 6) is -0.731. The van der Waals surface area contributed by atoms with E-state index in [9.17, 15) is 23.1 Å². The van der Waals surface area contributed by atoms with Crippen LogP contribution in [0.5, 0.6) is 0 Å². The van der Waals surface area contributed by atoms with Gasteiger partial charge in [-0.15, -0.1) is 0 Å². The van der Waals surface area contributed by atoms with E-state index in [0.717, 1.165) is 11.3 Å². The van der Waals surface area contributed by atoms with Crippen LogP contribution in [-0.2, 0) is 21.4 Å². The summed E-state index contributed by atoms with van der Waals surface area (Å²) in [6, 6.07) is 29.5. The van der Waals surface area contributed by atoms with Crippen LogP contribution in [0.15, 0.2) is 119 Å². The van der Waals surface area contributed by atoms with Crippen molar-refractivity contribution in [2.24, 2.45) is 5.92 Å². The van der Waals surface area contributed by atoms with E-state index in [0.29, 0.717) is 43.4 Å². The lowest BCUT2D eigenvalue weighted by Crippen LogP contribution is -2.53. The molecule has 4 heterocycles. The number of carbonyl (C=O) groups excluding carboxylic acids is 1. The van der Waals surface area contributed by atoms with Crippen LogP contribution in [0.25, 0.3) is 16.7 Å². The summed E-state index contributed by atoms with van der Waals surface area (Å²) < 4.78 is 31.8. The minimum atomic E-state index is -3.71. The number of aromatic nitrogens is 3. The largest absolute Gasteiger partial charge is 0.388 e. The lowest BCUT2D eigenvalue weighted by atomic mass is 9.80. The first-order valence-electron chi connectivity index (χ1n) is 16.0. The molecule has 0 unspecified atom stereocenters. The molecular weight excluding hydrogens is 614 g/mol. The van der Waals surface area contributed by atoms with Crippen LogP contribution < -0.4 is 5.56 Å². The summed E-state index contributed by atoms with van der Waals surface area (Å²) >= 11 is 0. The second kappa shape index (κ2) is 12.6. The molecule has 0 saturated carbocycles. The number of amides is 1. The highest BCUT2D eigenvalue weighted by Gasteiger charge is 2.43. The monoisotopic (exact) mass is 651 g/mol. The zero-order valence-corrected chi connectivity index (χ0v) is 26.7. The molecule has 0 bridgehead atoms. The fourth-order valence-electron chi connectivity index (χ4n) is 7.03. The average molecular weight is 652 g/mol. The van der Waals surface area contributed by atoms with Gasteiger partial charge < -0.3 is 14.6 Å². The molecule has 47 heavy (non-hydrogen) atoms. The van der Waals surface area contributed by atoms with Gasteiger partial charge in [0.2, 0.25) is 15.9 Å². The maximum atomic E-state index is 14.1. The summed E-state index contributed by atoms with van der Waals surface area (Å²) in [4.78, 5) is 34.1. The molecule has 1 amide bonds. The van der Waals surface area contributed by atoms with Gasteiger partial charge in [0.15, 0.2) is 5.65 Å². The van der Waals surface area contributed by atoms with E-state index in [4.69, 9.17) is 0 Å². The van der Waals surface area contributed by atoms with E-state index >= 15 is 0 Å². The van der Waals surface area contributed by atoms with Crippen molar-refractivity contribution >= 4 is 27.0 Å². The molecule has 0 aliphatic carbocycles. The highest BCUT2D eigenvalue weighted by molar-refractivity contribution is 7.89. The van der Waals surface area contributed by atoms with E-state index in [1.807, 2.05) is 71.4 Å². The van der Waals surface area contributed by atoms with Crippen molar-refractivity contribution in [2.45, 2.75) is 42.2 Å². The maximum Gasteiger partial charge on any atom is 0.262 e. The normalized spacial score (nSPS) is 20.3. The molecule has 0 spiro atoms. The zero-order chi connectivity index (χ0) is 32.6. The van der Waals surface area contributed by atoms with E-state index in [1.54, 1.807) is 41.3 Å². The van der Waals surface area contributed by atoms with Crippen LogP contribution in [0.4, 0.5) is 0 Å². The number of benzene rings is 3. The summed E-state index contributed by atoms with van der Waals surface area (Å²) in [5.41, 5.74) is 0.987. The first kappa shape index (κ1) is 31.0. The fraction of sp³-hybridized carbons (Fsp3) is 0.306. The maximum absolute atomic E-state index is 14.1. The zero-order valence-electron chi connectivity index (χ0n) is 25.9. The number of sulfonamides is 1. The van der Waals surface area contributed by atoms with Crippen LogP contribution in [-0.4, -0.2) is 74.5 Å². The van der Waals surface area contributed by atoms with Crippen molar-refractivity contribution < 1.29 is 18.3 Å². The third kappa shape index (κ3) is 6.02. The van der Waals surface area contributed by atoms with Crippen molar-refractivity contribution in [2.75, 3.05) is 26.2 Å². The number of aliphatic hydroxyl groups is 1. The molecule has 242 valence electrons. The van der Waals surface area contributed by atoms with Crippen LogP contribution >= 0.6 is 0 Å². The Morgan fingerprint density at radius 2 is 1.51 bits per heavy atom. The number of hydrogen-bond donors (Lipinski definition) is 1.